The normalized spacial score (nSPS) is 7.09. The first-order valence-corrected chi connectivity index (χ1v) is 5.77. The van der Waals surface area contributed by atoms with Gasteiger partial charge in [0.25, 0.3) is 0 Å². The van der Waals surface area contributed by atoms with Crippen LogP contribution in [0.5, 0.6) is 0 Å². The number of allylic oxidation sites excluding steroid dienone is 2. The number of hydrogen-bond acceptors (Lipinski definition) is 1. The minimum absolute atomic E-state index is 0. The summed E-state index contributed by atoms with van der Waals surface area (Å²) in [5.41, 5.74) is 0. The van der Waals surface area contributed by atoms with Crippen LogP contribution < -0.4 is 0 Å². The Bertz CT molecular complexity index is 148. The van der Waals surface area contributed by atoms with Gasteiger partial charge in [-0.25, -0.2) is 0 Å². The van der Waals surface area contributed by atoms with Crippen molar-refractivity contribution in [2.24, 2.45) is 5.92 Å². The fourth-order valence-corrected chi connectivity index (χ4v) is 0.908. The maximum atomic E-state index is 8.31. The number of nitriles is 1. The van der Waals surface area contributed by atoms with E-state index in [1.54, 1.807) is 0 Å². The summed E-state index contributed by atoms with van der Waals surface area (Å²) in [5.74, 6) is 0.259. The molecular formula is C22H61N. The average molecular weight is 340 g/mol. The van der Waals surface area contributed by atoms with Gasteiger partial charge in [-0.2, -0.15) is 5.26 Å². The molecule has 0 rings (SSSR count). The van der Waals surface area contributed by atoms with Crippen molar-refractivity contribution < 1.29 is 0 Å². The second-order valence-corrected chi connectivity index (χ2v) is 3.46. The molecule has 0 saturated carbocycles. The topological polar surface area (TPSA) is 23.8 Å². The Morgan fingerprint density at radius 1 is 0.739 bits per heavy atom. The SMILES string of the molecule is C.C.C.C.C.C.C.C.C.CCC=CCC.CCCCC(C)C#N. The molecule has 0 aliphatic rings. The largest absolute Gasteiger partial charge is 0.198 e. The lowest BCUT2D eigenvalue weighted by molar-refractivity contribution is 0.608. The van der Waals surface area contributed by atoms with E-state index in [9.17, 15) is 0 Å². The molecule has 0 aliphatic carbocycles. The standard InChI is InChI=1S/C7H13N.C6H12.9CH4/c1-3-4-5-7(2)6-8;1-3-5-6-4-2;;;;;;;;;/h7H,3-5H2,1-2H3;5-6H,3-4H2,1-2H3;9*1H4. The summed E-state index contributed by atoms with van der Waals surface area (Å²) in [6.45, 7) is 8.40. The summed E-state index contributed by atoms with van der Waals surface area (Å²) >= 11 is 0. The Hall–Kier alpha value is -0.770. The minimum Gasteiger partial charge on any atom is -0.198 e. The van der Waals surface area contributed by atoms with Crippen molar-refractivity contribution in [2.45, 2.75) is 127 Å². The Morgan fingerprint density at radius 3 is 1.22 bits per heavy atom. The van der Waals surface area contributed by atoms with Gasteiger partial charge >= 0.3 is 0 Å². The Morgan fingerprint density at radius 2 is 1.04 bits per heavy atom. The molecule has 1 heteroatoms. The van der Waals surface area contributed by atoms with Crippen LogP contribution in [-0.4, -0.2) is 0 Å². The van der Waals surface area contributed by atoms with E-state index in [-0.39, 0.29) is 72.8 Å². The van der Waals surface area contributed by atoms with Gasteiger partial charge < -0.3 is 0 Å². The summed E-state index contributed by atoms with van der Waals surface area (Å²) in [7, 11) is 0. The molecule has 0 aromatic heterocycles. The van der Waals surface area contributed by atoms with E-state index in [4.69, 9.17) is 5.26 Å². The van der Waals surface area contributed by atoms with Crippen LogP contribution in [0.15, 0.2) is 12.2 Å². The van der Waals surface area contributed by atoms with Crippen LogP contribution in [-0.2, 0) is 0 Å². The lowest BCUT2D eigenvalue weighted by Crippen LogP contribution is -1.87. The van der Waals surface area contributed by atoms with Crippen molar-refractivity contribution in [3.8, 4) is 6.07 Å². The molecule has 0 N–H and O–H groups in total. The number of hydrogen-bond donors (Lipinski definition) is 0. The quantitative estimate of drug-likeness (QED) is 0.457. The van der Waals surface area contributed by atoms with Gasteiger partial charge in [0, 0.05) is 5.92 Å². The van der Waals surface area contributed by atoms with Crippen molar-refractivity contribution in [3.63, 3.8) is 0 Å². The van der Waals surface area contributed by atoms with Crippen LogP contribution in [0.3, 0.4) is 0 Å². The second-order valence-electron chi connectivity index (χ2n) is 3.46. The van der Waals surface area contributed by atoms with Crippen LogP contribution in [0, 0.1) is 17.2 Å². The van der Waals surface area contributed by atoms with Gasteiger partial charge in [0.2, 0.25) is 0 Å². The maximum absolute atomic E-state index is 8.31. The highest BCUT2D eigenvalue weighted by molar-refractivity contribution is 4.78. The highest BCUT2D eigenvalue weighted by atomic mass is 14.2. The lowest BCUT2D eigenvalue weighted by atomic mass is 10.1. The monoisotopic (exact) mass is 339 g/mol. The molecule has 1 atom stereocenters. The molecule has 0 aliphatic heterocycles. The molecule has 0 aromatic rings. The van der Waals surface area contributed by atoms with Gasteiger partial charge in [0.15, 0.2) is 0 Å². The van der Waals surface area contributed by atoms with E-state index >= 15 is 0 Å². The molecule has 1 nitrogen and oxygen atoms in total. The van der Waals surface area contributed by atoms with E-state index in [0.717, 1.165) is 6.42 Å². The molecule has 0 aromatic carbocycles. The highest BCUT2D eigenvalue weighted by Gasteiger charge is 1.95. The maximum Gasteiger partial charge on any atom is 0.0652 e. The molecule has 0 heterocycles. The third kappa shape index (κ3) is 116. The van der Waals surface area contributed by atoms with Crippen molar-refractivity contribution in [1.82, 2.24) is 0 Å². The average Bonchev–Trinajstić information content (AvgIpc) is 2.23. The predicted molar refractivity (Wildman–Crippen MR) is 125 cm³/mol. The first-order valence-electron chi connectivity index (χ1n) is 5.77. The second kappa shape index (κ2) is 83.0. The zero-order chi connectivity index (χ0) is 11.2. The van der Waals surface area contributed by atoms with Crippen molar-refractivity contribution in [1.29, 1.82) is 5.26 Å². The first-order chi connectivity index (χ1) is 6.72. The lowest BCUT2D eigenvalue weighted by Gasteiger charge is -1.96. The van der Waals surface area contributed by atoms with Gasteiger partial charge in [-0.3, -0.25) is 0 Å². The van der Waals surface area contributed by atoms with Gasteiger partial charge in [0.1, 0.15) is 0 Å². The molecule has 23 heavy (non-hydrogen) atoms. The Kier molecular flexibility index (Phi) is 287. The number of unbranched alkanes of at least 4 members (excludes halogenated alkanes) is 1. The first kappa shape index (κ1) is 79.4. The van der Waals surface area contributed by atoms with Gasteiger partial charge in [-0.1, -0.05) is 113 Å². The zero-order valence-corrected chi connectivity index (χ0v) is 10.2. The van der Waals surface area contributed by atoms with Crippen molar-refractivity contribution in [3.05, 3.63) is 12.2 Å². The van der Waals surface area contributed by atoms with Crippen LogP contribution >= 0.6 is 0 Å². The minimum atomic E-state index is 0. The molecule has 0 bridgehead atoms. The molecule has 0 spiro atoms. The smallest absolute Gasteiger partial charge is 0.0652 e. The number of nitrogens with zero attached hydrogens (tertiary/aromatic N) is 1. The van der Waals surface area contributed by atoms with Crippen molar-refractivity contribution >= 4 is 0 Å². The van der Waals surface area contributed by atoms with Crippen molar-refractivity contribution in [2.75, 3.05) is 0 Å². The third-order valence-electron chi connectivity index (χ3n) is 1.85. The van der Waals surface area contributed by atoms with Gasteiger partial charge in [-0.15, -0.1) is 0 Å². The molecule has 1 unspecified atom stereocenters. The van der Waals surface area contributed by atoms with E-state index in [1.807, 2.05) is 6.92 Å². The van der Waals surface area contributed by atoms with Crippen LogP contribution in [0.2, 0.25) is 0 Å². The molecule has 0 saturated heterocycles. The summed E-state index contributed by atoms with van der Waals surface area (Å²) in [6.07, 6.45) is 10.2. The summed E-state index contributed by atoms with van der Waals surface area (Å²) in [4.78, 5) is 0. The van der Waals surface area contributed by atoms with Gasteiger partial charge in [0.05, 0.1) is 6.07 Å². The Labute approximate surface area is 156 Å². The highest BCUT2D eigenvalue weighted by Crippen LogP contribution is 2.04. The Balaban J connectivity index is -0.0000000101. The van der Waals surface area contributed by atoms with E-state index < -0.39 is 0 Å². The van der Waals surface area contributed by atoms with E-state index in [2.05, 4.69) is 39.0 Å². The third-order valence-corrected chi connectivity index (χ3v) is 1.85. The van der Waals surface area contributed by atoms with Gasteiger partial charge in [-0.05, 0) is 26.2 Å². The summed E-state index contributed by atoms with van der Waals surface area (Å²) < 4.78 is 0. The van der Waals surface area contributed by atoms with Crippen LogP contribution in [0.4, 0.5) is 0 Å². The fraction of sp³-hybridized carbons (Fsp3) is 0.864. The summed E-state index contributed by atoms with van der Waals surface area (Å²) in [5, 5.41) is 8.31. The van der Waals surface area contributed by atoms with E-state index in [0.29, 0.717) is 0 Å². The molecule has 0 radical (unpaired) electrons. The number of rotatable bonds is 5. The van der Waals surface area contributed by atoms with Crippen LogP contribution in [0.1, 0.15) is 127 Å². The van der Waals surface area contributed by atoms with Crippen LogP contribution in [0.25, 0.3) is 0 Å². The fourth-order valence-electron chi connectivity index (χ4n) is 0.908. The molecule has 154 valence electrons. The molecular weight excluding hydrogens is 278 g/mol. The molecule has 0 amide bonds. The summed E-state index contributed by atoms with van der Waals surface area (Å²) in [6, 6.07) is 2.20. The molecule has 0 fully saturated rings. The predicted octanol–water partition coefficient (Wildman–Crippen LogP) is 10.4. The van der Waals surface area contributed by atoms with E-state index in [1.165, 1.54) is 25.7 Å². The zero-order valence-electron chi connectivity index (χ0n) is 10.2.